The van der Waals surface area contributed by atoms with E-state index in [1.165, 1.54) is 11.8 Å². The third kappa shape index (κ3) is 3.94. The van der Waals surface area contributed by atoms with Gasteiger partial charge in [-0.3, -0.25) is 14.4 Å². The Morgan fingerprint density at radius 2 is 1.92 bits per heavy atom. The molecule has 2 aromatic rings. The zero-order valence-corrected chi connectivity index (χ0v) is 13.5. The molecule has 1 aliphatic rings. The lowest BCUT2D eigenvalue weighted by Crippen LogP contribution is -2.32. The highest BCUT2D eigenvalue weighted by molar-refractivity contribution is 8.00. The van der Waals surface area contributed by atoms with Gasteiger partial charge < -0.3 is 16.0 Å². The molecule has 0 bridgehead atoms. The van der Waals surface area contributed by atoms with E-state index in [1.54, 1.807) is 36.4 Å². The fourth-order valence-electron chi connectivity index (χ4n) is 2.22. The van der Waals surface area contributed by atoms with Gasteiger partial charge in [0.1, 0.15) is 0 Å². The van der Waals surface area contributed by atoms with Crippen LogP contribution >= 0.6 is 11.8 Å². The van der Waals surface area contributed by atoms with Gasteiger partial charge in [-0.15, -0.1) is 11.8 Å². The maximum absolute atomic E-state index is 12.0. The SMILES string of the molecule is O=C(CNC(=O)c1ccccc1)Nc1ccc2c(c1)NC(=O)CS2. The Bertz CT molecular complexity index is 793. The number of rotatable bonds is 4. The number of thioether (sulfide) groups is 1. The second-order valence-electron chi connectivity index (χ2n) is 5.14. The van der Waals surface area contributed by atoms with Crippen LogP contribution in [0.1, 0.15) is 10.4 Å². The van der Waals surface area contributed by atoms with Gasteiger partial charge in [0.25, 0.3) is 5.91 Å². The van der Waals surface area contributed by atoms with Crippen LogP contribution in [0.4, 0.5) is 11.4 Å². The number of hydrogen-bond acceptors (Lipinski definition) is 4. The Hall–Kier alpha value is -2.80. The van der Waals surface area contributed by atoms with Crippen molar-refractivity contribution in [1.29, 1.82) is 0 Å². The van der Waals surface area contributed by atoms with E-state index in [9.17, 15) is 14.4 Å². The van der Waals surface area contributed by atoms with Crippen molar-refractivity contribution in [2.45, 2.75) is 4.90 Å². The normalized spacial score (nSPS) is 12.8. The molecule has 0 unspecified atom stereocenters. The van der Waals surface area contributed by atoms with E-state index in [4.69, 9.17) is 0 Å². The van der Waals surface area contributed by atoms with Gasteiger partial charge in [-0.05, 0) is 30.3 Å². The molecule has 1 heterocycles. The minimum absolute atomic E-state index is 0.0638. The molecule has 7 heteroatoms. The fraction of sp³-hybridized carbons (Fsp3) is 0.118. The number of hydrogen-bond donors (Lipinski definition) is 3. The highest BCUT2D eigenvalue weighted by Crippen LogP contribution is 2.33. The Labute approximate surface area is 143 Å². The second-order valence-corrected chi connectivity index (χ2v) is 6.16. The van der Waals surface area contributed by atoms with Gasteiger partial charge in [-0.25, -0.2) is 0 Å². The van der Waals surface area contributed by atoms with Gasteiger partial charge in [-0.1, -0.05) is 18.2 Å². The van der Waals surface area contributed by atoms with E-state index in [2.05, 4.69) is 16.0 Å². The summed E-state index contributed by atoms with van der Waals surface area (Å²) in [5, 5.41) is 8.03. The van der Waals surface area contributed by atoms with Gasteiger partial charge in [-0.2, -0.15) is 0 Å². The number of amides is 3. The molecule has 0 spiro atoms. The number of fused-ring (bicyclic) bond motifs is 1. The Balaban J connectivity index is 1.56. The molecule has 3 rings (SSSR count). The summed E-state index contributed by atoms with van der Waals surface area (Å²) in [6.45, 7) is -0.133. The van der Waals surface area contributed by atoms with E-state index in [-0.39, 0.29) is 24.3 Å². The molecule has 6 nitrogen and oxygen atoms in total. The molecule has 24 heavy (non-hydrogen) atoms. The topological polar surface area (TPSA) is 87.3 Å². The maximum atomic E-state index is 12.0. The van der Waals surface area contributed by atoms with Crippen molar-refractivity contribution in [3.8, 4) is 0 Å². The largest absolute Gasteiger partial charge is 0.343 e. The van der Waals surface area contributed by atoms with Crippen LogP contribution in [0.3, 0.4) is 0 Å². The molecule has 3 amide bonds. The van der Waals surface area contributed by atoms with Gasteiger partial charge in [0, 0.05) is 16.1 Å². The summed E-state index contributed by atoms with van der Waals surface area (Å²) in [4.78, 5) is 36.2. The number of anilines is 2. The summed E-state index contributed by atoms with van der Waals surface area (Å²) < 4.78 is 0. The molecule has 0 radical (unpaired) electrons. The zero-order valence-electron chi connectivity index (χ0n) is 12.7. The summed E-state index contributed by atoms with van der Waals surface area (Å²) in [7, 11) is 0. The van der Waals surface area contributed by atoms with Crippen LogP contribution in [0.25, 0.3) is 0 Å². The Morgan fingerprint density at radius 3 is 2.71 bits per heavy atom. The first-order valence-electron chi connectivity index (χ1n) is 7.31. The van der Waals surface area contributed by atoms with Crippen LogP contribution in [-0.2, 0) is 9.59 Å². The van der Waals surface area contributed by atoms with Crippen LogP contribution in [0.5, 0.6) is 0 Å². The van der Waals surface area contributed by atoms with Crippen LogP contribution in [0.2, 0.25) is 0 Å². The molecular weight excluding hydrogens is 326 g/mol. The second kappa shape index (κ2) is 7.18. The monoisotopic (exact) mass is 341 g/mol. The van der Waals surface area contributed by atoms with E-state index in [1.807, 2.05) is 12.1 Å². The van der Waals surface area contributed by atoms with Crippen LogP contribution in [0.15, 0.2) is 53.4 Å². The minimum atomic E-state index is -0.339. The smallest absolute Gasteiger partial charge is 0.251 e. The number of nitrogens with one attached hydrogen (secondary N) is 3. The molecular formula is C17H15N3O3S. The molecule has 1 aliphatic heterocycles. The van der Waals surface area contributed by atoms with Crippen LogP contribution in [-0.4, -0.2) is 30.0 Å². The van der Waals surface area contributed by atoms with E-state index in [0.29, 0.717) is 22.7 Å². The lowest BCUT2D eigenvalue weighted by molar-refractivity contribution is -0.115. The first-order valence-corrected chi connectivity index (χ1v) is 8.30. The summed E-state index contributed by atoms with van der Waals surface area (Å²) in [5.74, 6) is -0.315. The zero-order chi connectivity index (χ0) is 16.9. The van der Waals surface area contributed by atoms with Crippen LogP contribution in [0, 0.1) is 0 Å². The molecule has 2 aromatic carbocycles. The van der Waals surface area contributed by atoms with Crippen molar-refractivity contribution in [3.05, 3.63) is 54.1 Å². The summed E-state index contributed by atoms with van der Waals surface area (Å²) in [6, 6.07) is 14.0. The summed E-state index contributed by atoms with van der Waals surface area (Å²) in [6.07, 6.45) is 0. The van der Waals surface area contributed by atoms with Crippen LogP contribution < -0.4 is 16.0 Å². The molecule has 0 fully saturated rings. The molecule has 3 N–H and O–H groups in total. The van der Waals surface area contributed by atoms with Gasteiger partial charge in [0.05, 0.1) is 18.0 Å². The molecule has 122 valence electrons. The number of benzene rings is 2. The minimum Gasteiger partial charge on any atom is -0.343 e. The third-order valence-corrected chi connectivity index (χ3v) is 4.42. The lowest BCUT2D eigenvalue weighted by atomic mass is 10.2. The molecule has 0 atom stereocenters. The molecule has 0 aromatic heterocycles. The predicted molar refractivity (Wildman–Crippen MR) is 93.2 cm³/mol. The van der Waals surface area contributed by atoms with Crippen molar-refractivity contribution < 1.29 is 14.4 Å². The first-order chi connectivity index (χ1) is 11.6. The standard InChI is InChI=1S/C17H15N3O3S/c21-15(9-18-17(23)11-4-2-1-3-5-11)19-12-6-7-14-13(8-12)20-16(22)10-24-14/h1-8H,9-10H2,(H,18,23)(H,19,21)(H,20,22). The van der Waals surface area contributed by atoms with Crippen molar-refractivity contribution in [2.75, 3.05) is 22.9 Å². The summed E-state index contributed by atoms with van der Waals surface area (Å²) in [5.41, 5.74) is 1.75. The Kier molecular flexibility index (Phi) is 4.81. The lowest BCUT2D eigenvalue weighted by Gasteiger charge is -2.17. The molecule has 0 saturated carbocycles. The number of carbonyl (C=O) groups is 3. The third-order valence-electron chi connectivity index (χ3n) is 3.34. The average molecular weight is 341 g/mol. The van der Waals surface area contributed by atoms with Gasteiger partial charge >= 0.3 is 0 Å². The number of carbonyl (C=O) groups excluding carboxylic acids is 3. The fourth-order valence-corrected chi connectivity index (χ4v) is 3.01. The van der Waals surface area contributed by atoms with Gasteiger partial charge in [0.2, 0.25) is 11.8 Å². The highest BCUT2D eigenvalue weighted by Gasteiger charge is 2.16. The quantitative estimate of drug-likeness (QED) is 0.795. The Morgan fingerprint density at radius 1 is 1.12 bits per heavy atom. The molecule has 0 aliphatic carbocycles. The van der Waals surface area contributed by atoms with Crippen molar-refractivity contribution in [1.82, 2.24) is 5.32 Å². The van der Waals surface area contributed by atoms with Crippen molar-refractivity contribution >= 4 is 40.9 Å². The maximum Gasteiger partial charge on any atom is 0.251 e. The van der Waals surface area contributed by atoms with E-state index in [0.717, 1.165) is 4.90 Å². The first kappa shape index (κ1) is 16.1. The molecule has 0 saturated heterocycles. The van der Waals surface area contributed by atoms with E-state index >= 15 is 0 Å². The average Bonchev–Trinajstić information content (AvgIpc) is 2.60. The van der Waals surface area contributed by atoms with E-state index < -0.39 is 0 Å². The predicted octanol–water partition coefficient (Wildman–Crippen LogP) is 2.10. The van der Waals surface area contributed by atoms with Crippen molar-refractivity contribution in [3.63, 3.8) is 0 Å². The van der Waals surface area contributed by atoms with Crippen molar-refractivity contribution in [2.24, 2.45) is 0 Å². The highest BCUT2D eigenvalue weighted by atomic mass is 32.2. The van der Waals surface area contributed by atoms with Gasteiger partial charge in [0.15, 0.2) is 0 Å². The summed E-state index contributed by atoms with van der Waals surface area (Å²) >= 11 is 1.45.